The highest BCUT2D eigenvalue weighted by Gasteiger charge is 2.06. The van der Waals surface area contributed by atoms with E-state index >= 15 is 0 Å². The van der Waals surface area contributed by atoms with Crippen molar-refractivity contribution in [1.29, 1.82) is 0 Å². The van der Waals surface area contributed by atoms with Gasteiger partial charge in [0.1, 0.15) is 0 Å². The van der Waals surface area contributed by atoms with Crippen LogP contribution >= 0.6 is 0 Å². The quantitative estimate of drug-likeness (QED) is 0.609. The van der Waals surface area contributed by atoms with Gasteiger partial charge in [-0.15, -0.1) is 0 Å². The van der Waals surface area contributed by atoms with Crippen molar-refractivity contribution >= 4 is 11.6 Å². The summed E-state index contributed by atoms with van der Waals surface area (Å²) in [6.07, 6.45) is 8.20. The Hall–Kier alpha value is -1.77. The number of nitrogens with two attached hydrogens (primary N) is 1. The molecule has 0 unspecified atom stereocenters. The first-order chi connectivity index (χ1) is 9.25. The van der Waals surface area contributed by atoms with Crippen LogP contribution in [0, 0.1) is 0 Å². The third-order valence-electron chi connectivity index (χ3n) is 3.58. The van der Waals surface area contributed by atoms with E-state index in [2.05, 4.69) is 11.4 Å². The number of hydrogen-bond donors (Lipinski definition) is 2. The summed E-state index contributed by atoms with van der Waals surface area (Å²) in [4.78, 5) is 11.7. The standard InChI is InChI=1S/C16H22N2O/c17-15-8-4-3-7-14(15)9-10-16(19)18-12-11-13-5-1-2-6-13/h3-5,7-8H,1-2,6,9-12,17H2,(H,18,19). The monoisotopic (exact) mass is 258 g/mol. The molecule has 0 spiro atoms. The lowest BCUT2D eigenvalue weighted by atomic mass is 10.1. The number of para-hydroxylation sites is 1. The minimum absolute atomic E-state index is 0.113. The Morgan fingerprint density at radius 3 is 2.84 bits per heavy atom. The van der Waals surface area contributed by atoms with Crippen molar-refractivity contribution in [3.63, 3.8) is 0 Å². The summed E-state index contributed by atoms with van der Waals surface area (Å²) in [6.45, 7) is 0.759. The third kappa shape index (κ3) is 4.43. The molecule has 0 bridgehead atoms. The second kappa shape index (κ2) is 6.98. The van der Waals surface area contributed by atoms with Crippen LogP contribution in [0.2, 0.25) is 0 Å². The number of carbonyl (C=O) groups excluding carboxylic acids is 1. The number of amides is 1. The maximum absolute atomic E-state index is 11.7. The van der Waals surface area contributed by atoms with E-state index in [-0.39, 0.29) is 5.91 Å². The van der Waals surface area contributed by atoms with Crippen molar-refractivity contribution < 1.29 is 4.79 Å². The normalized spacial score (nSPS) is 14.2. The Morgan fingerprint density at radius 2 is 2.11 bits per heavy atom. The molecule has 1 aliphatic rings. The van der Waals surface area contributed by atoms with Crippen LogP contribution in [0.25, 0.3) is 0 Å². The van der Waals surface area contributed by atoms with Crippen LogP contribution in [0.4, 0.5) is 5.69 Å². The molecule has 1 aromatic rings. The second-order valence-electron chi connectivity index (χ2n) is 5.05. The lowest BCUT2D eigenvalue weighted by molar-refractivity contribution is -0.121. The molecule has 0 saturated heterocycles. The molecule has 0 radical (unpaired) electrons. The second-order valence-corrected chi connectivity index (χ2v) is 5.05. The number of nitrogen functional groups attached to an aromatic ring is 1. The van der Waals surface area contributed by atoms with E-state index in [1.54, 1.807) is 0 Å². The Balaban J connectivity index is 1.66. The molecule has 0 heterocycles. The van der Waals surface area contributed by atoms with E-state index in [0.717, 1.165) is 24.2 Å². The number of allylic oxidation sites excluding steroid dienone is 1. The number of carbonyl (C=O) groups is 1. The summed E-state index contributed by atoms with van der Waals surface area (Å²) < 4.78 is 0. The summed E-state index contributed by atoms with van der Waals surface area (Å²) in [6, 6.07) is 7.72. The molecule has 3 N–H and O–H groups in total. The fourth-order valence-corrected chi connectivity index (χ4v) is 2.43. The van der Waals surface area contributed by atoms with Crippen molar-refractivity contribution in [2.45, 2.75) is 38.5 Å². The van der Waals surface area contributed by atoms with Gasteiger partial charge < -0.3 is 11.1 Å². The fourth-order valence-electron chi connectivity index (χ4n) is 2.43. The predicted octanol–water partition coefficient (Wildman–Crippen LogP) is 2.82. The number of benzene rings is 1. The number of hydrogen-bond acceptors (Lipinski definition) is 2. The highest BCUT2D eigenvalue weighted by Crippen LogP contribution is 2.19. The van der Waals surface area contributed by atoms with Crippen LogP contribution in [0.5, 0.6) is 0 Å². The van der Waals surface area contributed by atoms with Crippen LogP contribution in [0.1, 0.15) is 37.7 Å². The molecule has 3 nitrogen and oxygen atoms in total. The van der Waals surface area contributed by atoms with E-state index < -0.39 is 0 Å². The maximum atomic E-state index is 11.7. The van der Waals surface area contributed by atoms with Gasteiger partial charge in [-0.3, -0.25) is 4.79 Å². The number of rotatable bonds is 6. The molecular formula is C16H22N2O. The lowest BCUT2D eigenvalue weighted by Crippen LogP contribution is -2.24. The minimum atomic E-state index is 0.113. The summed E-state index contributed by atoms with van der Waals surface area (Å²) >= 11 is 0. The lowest BCUT2D eigenvalue weighted by Gasteiger charge is -2.07. The maximum Gasteiger partial charge on any atom is 0.220 e. The molecule has 1 aliphatic carbocycles. The molecule has 0 saturated carbocycles. The Kier molecular flexibility index (Phi) is 5.01. The summed E-state index contributed by atoms with van der Waals surface area (Å²) in [7, 11) is 0. The molecule has 0 fully saturated rings. The van der Waals surface area contributed by atoms with Gasteiger partial charge in [-0.05, 0) is 43.7 Å². The summed E-state index contributed by atoms with van der Waals surface area (Å²) in [5.41, 5.74) is 9.17. The first kappa shape index (κ1) is 13.7. The molecule has 0 atom stereocenters. The average Bonchev–Trinajstić information content (AvgIpc) is 2.91. The van der Waals surface area contributed by atoms with E-state index in [9.17, 15) is 4.79 Å². The van der Waals surface area contributed by atoms with Gasteiger partial charge in [0, 0.05) is 18.7 Å². The van der Waals surface area contributed by atoms with E-state index in [4.69, 9.17) is 5.73 Å². The van der Waals surface area contributed by atoms with Gasteiger partial charge in [0.15, 0.2) is 0 Å². The Bertz CT molecular complexity index is 466. The first-order valence-electron chi connectivity index (χ1n) is 7.03. The molecule has 19 heavy (non-hydrogen) atoms. The highest BCUT2D eigenvalue weighted by molar-refractivity contribution is 5.76. The number of nitrogens with one attached hydrogen (secondary N) is 1. The van der Waals surface area contributed by atoms with Crippen molar-refractivity contribution in [3.05, 3.63) is 41.5 Å². The molecule has 0 aliphatic heterocycles. The van der Waals surface area contributed by atoms with Crippen LogP contribution in [-0.4, -0.2) is 12.5 Å². The zero-order valence-corrected chi connectivity index (χ0v) is 11.3. The van der Waals surface area contributed by atoms with Crippen LogP contribution in [0.15, 0.2) is 35.9 Å². The predicted molar refractivity (Wildman–Crippen MR) is 78.7 cm³/mol. The van der Waals surface area contributed by atoms with E-state index in [1.807, 2.05) is 24.3 Å². The Labute approximate surface area is 114 Å². The largest absolute Gasteiger partial charge is 0.399 e. The molecule has 0 aromatic heterocycles. The van der Waals surface area contributed by atoms with E-state index in [0.29, 0.717) is 12.8 Å². The Morgan fingerprint density at radius 1 is 1.26 bits per heavy atom. The van der Waals surface area contributed by atoms with Gasteiger partial charge >= 0.3 is 0 Å². The first-order valence-corrected chi connectivity index (χ1v) is 7.03. The average molecular weight is 258 g/mol. The van der Waals surface area contributed by atoms with Crippen LogP contribution < -0.4 is 11.1 Å². The zero-order chi connectivity index (χ0) is 13.5. The minimum Gasteiger partial charge on any atom is -0.399 e. The van der Waals surface area contributed by atoms with Crippen molar-refractivity contribution in [2.24, 2.45) is 0 Å². The van der Waals surface area contributed by atoms with Crippen LogP contribution in [-0.2, 0) is 11.2 Å². The van der Waals surface area contributed by atoms with Crippen molar-refractivity contribution in [2.75, 3.05) is 12.3 Å². The SMILES string of the molecule is Nc1ccccc1CCC(=O)NCCC1=CCCC1. The van der Waals surface area contributed by atoms with Gasteiger partial charge in [-0.25, -0.2) is 0 Å². The third-order valence-corrected chi connectivity index (χ3v) is 3.58. The number of anilines is 1. The van der Waals surface area contributed by atoms with Gasteiger partial charge in [0.25, 0.3) is 0 Å². The molecule has 102 valence electrons. The smallest absolute Gasteiger partial charge is 0.220 e. The van der Waals surface area contributed by atoms with Gasteiger partial charge in [0.2, 0.25) is 5.91 Å². The summed E-state index contributed by atoms with van der Waals surface area (Å²) in [5.74, 6) is 0.113. The molecule has 3 heteroatoms. The molecule has 1 aromatic carbocycles. The van der Waals surface area contributed by atoms with Gasteiger partial charge in [-0.2, -0.15) is 0 Å². The molecular weight excluding hydrogens is 236 g/mol. The van der Waals surface area contributed by atoms with Gasteiger partial charge in [0.05, 0.1) is 0 Å². The van der Waals surface area contributed by atoms with E-state index in [1.165, 1.54) is 24.8 Å². The molecule has 1 amide bonds. The fraction of sp³-hybridized carbons (Fsp3) is 0.438. The van der Waals surface area contributed by atoms with Crippen LogP contribution in [0.3, 0.4) is 0 Å². The summed E-state index contributed by atoms with van der Waals surface area (Å²) in [5, 5.41) is 2.98. The van der Waals surface area contributed by atoms with Crippen molar-refractivity contribution in [3.8, 4) is 0 Å². The zero-order valence-electron chi connectivity index (χ0n) is 11.3. The number of aryl methyl sites for hydroxylation is 1. The van der Waals surface area contributed by atoms with Gasteiger partial charge in [-0.1, -0.05) is 29.8 Å². The van der Waals surface area contributed by atoms with Crippen molar-refractivity contribution in [1.82, 2.24) is 5.32 Å². The topological polar surface area (TPSA) is 55.1 Å². The molecule has 2 rings (SSSR count). The highest BCUT2D eigenvalue weighted by atomic mass is 16.1.